The second kappa shape index (κ2) is 8.48. The summed E-state index contributed by atoms with van der Waals surface area (Å²) in [7, 11) is 3.47. The zero-order valence-electron chi connectivity index (χ0n) is 18.8. The molecule has 2 aromatic rings. The van der Waals surface area contributed by atoms with E-state index in [0.29, 0.717) is 23.0 Å². The largest absolute Gasteiger partial charge is 0.508 e. The van der Waals surface area contributed by atoms with Gasteiger partial charge in [0.05, 0.1) is 0 Å². The fraction of sp³-hybridized carbons (Fsp3) is 0.556. The number of benzene rings is 2. The number of piperidine rings is 1. The molecule has 1 spiro atoms. The van der Waals surface area contributed by atoms with Crippen LogP contribution in [0.15, 0.2) is 42.5 Å². The lowest BCUT2D eigenvalue weighted by Crippen LogP contribution is -2.40. The highest BCUT2D eigenvalue weighted by Crippen LogP contribution is 2.60. The van der Waals surface area contributed by atoms with E-state index in [1.165, 1.54) is 48.1 Å². The lowest BCUT2D eigenvalue weighted by Gasteiger charge is -2.52. The molecule has 0 amide bonds. The van der Waals surface area contributed by atoms with Crippen LogP contribution in [0.1, 0.15) is 61.1 Å². The Morgan fingerprint density at radius 3 is 2.29 bits per heavy atom. The van der Waals surface area contributed by atoms with Gasteiger partial charge in [0.1, 0.15) is 5.75 Å². The van der Waals surface area contributed by atoms with Crippen molar-refractivity contribution in [2.45, 2.75) is 57.2 Å². The molecular weight excluding hydrogens is 386 g/mol. The topological polar surface area (TPSA) is 41.9 Å². The number of aromatic hydroxyl groups is 1. The Bertz CT molecular complexity index is 893. The Kier molecular flexibility index (Phi) is 5.70. The number of nitrogens with zero attached hydrogens (tertiary/aromatic N) is 1. The first-order chi connectivity index (χ1) is 15.1. The molecular formula is C27H35NO3. The third kappa shape index (κ3) is 3.74. The Balaban J connectivity index is 1.35. The van der Waals surface area contributed by atoms with Gasteiger partial charge in [-0.25, -0.2) is 0 Å². The summed E-state index contributed by atoms with van der Waals surface area (Å²) in [5, 5.41) is 9.99. The van der Waals surface area contributed by atoms with Crippen LogP contribution in [0.5, 0.6) is 5.75 Å². The predicted octanol–water partition coefficient (Wildman–Crippen LogP) is 5.48. The average Bonchev–Trinajstić information content (AvgIpc) is 2.78. The van der Waals surface area contributed by atoms with E-state index in [1.54, 1.807) is 14.2 Å². The van der Waals surface area contributed by atoms with Crippen LogP contribution in [0, 0.1) is 11.3 Å². The van der Waals surface area contributed by atoms with Crippen LogP contribution in [0.25, 0.3) is 0 Å². The molecule has 5 rings (SSSR count). The van der Waals surface area contributed by atoms with E-state index in [9.17, 15) is 5.11 Å². The fourth-order valence-electron chi connectivity index (χ4n) is 6.44. The van der Waals surface area contributed by atoms with Crippen molar-refractivity contribution in [1.29, 1.82) is 0 Å². The summed E-state index contributed by atoms with van der Waals surface area (Å²) in [5.74, 6) is 1.32. The zero-order valence-corrected chi connectivity index (χ0v) is 18.8. The predicted molar refractivity (Wildman–Crippen MR) is 124 cm³/mol. The molecule has 1 aliphatic heterocycles. The summed E-state index contributed by atoms with van der Waals surface area (Å²) in [6.07, 6.45) is 8.43. The van der Waals surface area contributed by atoms with Crippen molar-refractivity contribution in [3.05, 3.63) is 59.2 Å². The monoisotopic (exact) mass is 421 g/mol. The van der Waals surface area contributed by atoms with Gasteiger partial charge in [-0.2, -0.15) is 0 Å². The van der Waals surface area contributed by atoms with Gasteiger partial charge >= 0.3 is 0 Å². The number of fused-ring (bicyclic) bond motifs is 1. The Morgan fingerprint density at radius 2 is 1.68 bits per heavy atom. The van der Waals surface area contributed by atoms with Gasteiger partial charge in [-0.05, 0) is 84.9 Å². The lowest BCUT2D eigenvalue weighted by atomic mass is 9.52. The molecule has 4 heteroatoms. The number of hydrogen-bond acceptors (Lipinski definition) is 4. The quantitative estimate of drug-likeness (QED) is 0.650. The molecule has 2 aromatic carbocycles. The van der Waals surface area contributed by atoms with Crippen molar-refractivity contribution in [2.24, 2.45) is 11.3 Å². The summed E-state index contributed by atoms with van der Waals surface area (Å²) in [6, 6.07) is 15.4. The van der Waals surface area contributed by atoms with Gasteiger partial charge in [-0.3, -0.25) is 0 Å². The fourth-order valence-corrected chi connectivity index (χ4v) is 6.44. The average molecular weight is 422 g/mol. The van der Waals surface area contributed by atoms with Gasteiger partial charge in [0.15, 0.2) is 6.29 Å². The van der Waals surface area contributed by atoms with E-state index in [1.807, 2.05) is 12.1 Å². The zero-order chi connectivity index (χ0) is 21.4. The van der Waals surface area contributed by atoms with E-state index >= 15 is 0 Å². The normalized spacial score (nSPS) is 23.1. The number of anilines is 1. The number of methoxy groups -OCH3 is 2. The first kappa shape index (κ1) is 20.8. The smallest absolute Gasteiger partial charge is 0.159 e. The van der Waals surface area contributed by atoms with Crippen LogP contribution >= 0.6 is 0 Å². The third-order valence-corrected chi connectivity index (χ3v) is 8.27. The molecule has 1 N–H and O–H groups in total. The summed E-state index contributed by atoms with van der Waals surface area (Å²) < 4.78 is 11.0. The second-order valence-electron chi connectivity index (χ2n) is 9.79. The number of aryl methyl sites for hydroxylation is 1. The number of hydrogen-bond donors (Lipinski definition) is 1. The maximum absolute atomic E-state index is 9.99. The summed E-state index contributed by atoms with van der Waals surface area (Å²) in [6.45, 7) is 2.09. The van der Waals surface area contributed by atoms with Gasteiger partial charge in [-0.1, -0.05) is 24.6 Å². The molecule has 0 radical (unpaired) electrons. The Labute approximate surface area is 186 Å². The number of ether oxygens (including phenoxy) is 2. The summed E-state index contributed by atoms with van der Waals surface area (Å²) >= 11 is 0. The lowest BCUT2D eigenvalue weighted by molar-refractivity contribution is -0.141. The number of phenols is 1. The second-order valence-corrected chi connectivity index (χ2v) is 9.79. The van der Waals surface area contributed by atoms with Crippen LogP contribution in [-0.2, 0) is 15.9 Å². The minimum absolute atomic E-state index is 0.0889. The third-order valence-electron chi connectivity index (χ3n) is 8.27. The first-order valence-electron chi connectivity index (χ1n) is 11.9. The summed E-state index contributed by atoms with van der Waals surface area (Å²) in [4.78, 5) is 2.49. The number of rotatable bonds is 5. The van der Waals surface area contributed by atoms with Crippen LogP contribution in [-0.4, -0.2) is 38.7 Å². The van der Waals surface area contributed by atoms with E-state index < -0.39 is 0 Å². The van der Waals surface area contributed by atoms with E-state index in [2.05, 4.69) is 35.2 Å². The van der Waals surface area contributed by atoms with Crippen LogP contribution in [0.2, 0.25) is 0 Å². The molecule has 2 fully saturated rings. The molecule has 1 heterocycles. The van der Waals surface area contributed by atoms with Gasteiger partial charge in [-0.15, -0.1) is 0 Å². The molecule has 166 valence electrons. The molecule has 1 saturated carbocycles. The molecule has 0 aromatic heterocycles. The minimum Gasteiger partial charge on any atom is -0.508 e. The van der Waals surface area contributed by atoms with Crippen molar-refractivity contribution >= 4 is 5.69 Å². The maximum Gasteiger partial charge on any atom is 0.159 e. The van der Waals surface area contributed by atoms with Gasteiger partial charge in [0.25, 0.3) is 0 Å². The molecule has 1 atom stereocenters. The SMILES string of the molecule is COC(OC)C1CCN(c2ccc([C@@H]3c4ccc(O)cc4CCC34CCC4)cc2)CC1. The highest BCUT2D eigenvalue weighted by atomic mass is 16.7. The maximum atomic E-state index is 9.99. The van der Waals surface area contributed by atoms with E-state index in [0.717, 1.165) is 32.4 Å². The molecule has 0 unspecified atom stereocenters. The van der Waals surface area contributed by atoms with Crippen molar-refractivity contribution in [1.82, 2.24) is 0 Å². The van der Waals surface area contributed by atoms with Crippen molar-refractivity contribution in [3.63, 3.8) is 0 Å². The van der Waals surface area contributed by atoms with Crippen LogP contribution in [0.3, 0.4) is 0 Å². The van der Waals surface area contributed by atoms with Crippen LogP contribution < -0.4 is 4.90 Å². The minimum atomic E-state index is -0.0889. The first-order valence-corrected chi connectivity index (χ1v) is 11.9. The van der Waals surface area contributed by atoms with Crippen molar-refractivity contribution in [2.75, 3.05) is 32.2 Å². The summed E-state index contributed by atoms with van der Waals surface area (Å²) in [5.41, 5.74) is 5.93. The molecule has 31 heavy (non-hydrogen) atoms. The van der Waals surface area contributed by atoms with Crippen molar-refractivity contribution < 1.29 is 14.6 Å². The highest BCUT2D eigenvalue weighted by Gasteiger charge is 2.47. The van der Waals surface area contributed by atoms with Gasteiger partial charge < -0.3 is 19.5 Å². The standard InChI is InChI=1S/C27H35NO3/c1-30-26(31-2)20-11-16-28(17-12-20)22-6-4-19(5-7-22)25-24-9-8-23(29)18-21(24)10-15-27(25)13-3-14-27/h4-9,18,20,25-26,29H,3,10-17H2,1-2H3/t25-/m1/s1. The Morgan fingerprint density at radius 1 is 0.968 bits per heavy atom. The molecule has 3 aliphatic rings. The molecule has 4 nitrogen and oxygen atoms in total. The van der Waals surface area contributed by atoms with E-state index in [-0.39, 0.29) is 6.29 Å². The van der Waals surface area contributed by atoms with E-state index in [4.69, 9.17) is 9.47 Å². The van der Waals surface area contributed by atoms with Gasteiger partial charge in [0.2, 0.25) is 0 Å². The van der Waals surface area contributed by atoms with Crippen molar-refractivity contribution in [3.8, 4) is 5.75 Å². The Hall–Kier alpha value is -2.04. The molecule has 2 aliphatic carbocycles. The van der Waals surface area contributed by atoms with Gasteiger partial charge in [0, 0.05) is 44.8 Å². The number of phenolic OH excluding ortho intramolecular Hbond substituents is 1. The molecule has 0 bridgehead atoms. The molecule has 1 saturated heterocycles. The van der Waals surface area contributed by atoms with Crippen LogP contribution in [0.4, 0.5) is 5.69 Å². The highest BCUT2D eigenvalue weighted by molar-refractivity contribution is 5.52.